The zero-order valence-corrected chi connectivity index (χ0v) is 12.4. The van der Waals surface area contributed by atoms with Crippen LogP contribution < -0.4 is 5.73 Å². The molecule has 1 heterocycles. The Morgan fingerprint density at radius 1 is 1.14 bits per heavy atom. The lowest BCUT2D eigenvalue weighted by Crippen LogP contribution is -1.89. The number of hydrogen-bond donors (Lipinski definition) is 1. The fourth-order valence-electron chi connectivity index (χ4n) is 1.90. The number of nitrogens with zero attached hydrogens (tertiary/aromatic N) is 2. The maximum Gasteiger partial charge on any atom is 0.257 e. The fourth-order valence-corrected chi connectivity index (χ4v) is 2.73. The molecule has 0 aliphatic rings. The molecule has 106 valence electrons. The largest absolute Gasteiger partial charge is 0.399 e. The van der Waals surface area contributed by atoms with E-state index in [1.807, 2.05) is 49.4 Å². The Hall–Kier alpha value is -2.27. The van der Waals surface area contributed by atoms with Gasteiger partial charge < -0.3 is 10.3 Å². The van der Waals surface area contributed by atoms with Crippen molar-refractivity contribution in [2.24, 2.45) is 0 Å². The standard InChI is InChI=1S/C16H15N3OS/c1-11-9-13(7-8-14(11)17)21-10-15-18-16(20-19-15)12-5-3-2-4-6-12/h2-9H,10,17H2,1H3. The number of nitrogen functional groups attached to an aromatic ring is 1. The van der Waals surface area contributed by atoms with E-state index in [9.17, 15) is 0 Å². The van der Waals surface area contributed by atoms with Crippen LogP contribution in [0.25, 0.3) is 11.5 Å². The predicted octanol–water partition coefficient (Wildman–Crippen LogP) is 3.92. The second-order valence-electron chi connectivity index (χ2n) is 4.69. The molecule has 0 aliphatic carbocycles. The summed E-state index contributed by atoms with van der Waals surface area (Å²) in [4.78, 5) is 5.56. The quantitative estimate of drug-likeness (QED) is 0.584. The van der Waals surface area contributed by atoms with Crippen LogP contribution in [0.4, 0.5) is 5.69 Å². The van der Waals surface area contributed by atoms with Gasteiger partial charge in [0.1, 0.15) is 0 Å². The summed E-state index contributed by atoms with van der Waals surface area (Å²) in [7, 11) is 0. The molecule has 0 unspecified atom stereocenters. The molecule has 0 fully saturated rings. The first kappa shape index (κ1) is 13.7. The number of hydrogen-bond acceptors (Lipinski definition) is 5. The van der Waals surface area contributed by atoms with E-state index < -0.39 is 0 Å². The van der Waals surface area contributed by atoms with Crippen molar-refractivity contribution in [2.75, 3.05) is 5.73 Å². The van der Waals surface area contributed by atoms with Crippen LogP contribution in [0.5, 0.6) is 0 Å². The zero-order valence-electron chi connectivity index (χ0n) is 11.6. The molecule has 0 amide bonds. The molecule has 0 bridgehead atoms. The minimum Gasteiger partial charge on any atom is -0.399 e. The second-order valence-corrected chi connectivity index (χ2v) is 5.74. The van der Waals surface area contributed by atoms with Crippen molar-refractivity contribution in [1.82, 2.24) is 10.1 Å². The minimum absolute atomic E-state index is 0.555. The monoisotopic (exact) mass is 297 g/mol. The van der Waals surface area contributed by atoms with Crippen molar-refractivity contribution in [3.63, 3.8) is 0 Å². The average Bonchev–Trinajstić information content (AvgIpc) is 2.98. The van der Waals surface area contributed by atoms with E-state index in [0.29, 0.717) is 17.5 Å². The van der Waals surface area contributed by atoms with Crippen LogP contribution in [0.3, 0.4) is 0 Å². The molecule has 0 saturated carbocycles. The van der Waals surface area contributed by atoms with E-state index in [0.717, 1.165) is 21.7 Å². The molecule has 0 saturated heterocycles. The Balaban J connectivity index is 1.69. The van der Waals surface area contributed by atoms with Crippen molar-refractivity contribution in [3.8, 4) is 11.5 Å². The number of nitrogens with two attached hydrogens (primary N) is 1. The molecule has 21 heavy (non-hydrogen) atoms. The third-order valence-corrected chi connectivity index (χ3v) is 4.09. The number of anilines is 1. The molecule has 0 aliphatic heterocycles. The smallest absolute Gasteiger partial charge is 0.257 e. The summed E-state index contributed by atoms with van der Waals surface area (Å²) in [6, 6.07) is 15.8. The zero-order chi connectivity index (χ0) is 14.7. The van der Waals surface area contributed by atoms with Gasteiger partial charge in [0.2, 0.25) is 0 Å². The van der Waals surface area contributed by atoms with E-state index in [1.165, 1.54) is 0 Å². The third kappa shape index (κ3) is 3.25. The highest BCUT2D eigenvalue weighted by Crippen LogP contribution is 2.26. The molecule has 5 heteroatoms. The normalized spacial score (nSPS) is 10.7. The fraction of sp³-hybridized carbons (Fsp3) is 0.125. The molecule has 0 spiro atoms. The molecule has 3 rings (SSSR count). The molecule has 2 N–H and O–H groups in total. The highest BCUT2D eigenvalue weighted by Gasteiger charge is 2.08. The van der Waals surface area contributed by atoms with Gasteiger partial charge in [-0.2, -0.15) is 4.98 Å². The maximum atomic E-state index is 5.81. The van der Waals surface area contributed by atoms with Gasteiger partial charge in [-0.25, -0.2) is 0 Å². The van der Waals surface area contributed by atoms with Crippen molar-refractivity contribution >= 4 is 17.4 Å². The van der Waals surface area contributed by atoms with Crippen LogP contribution in [-0.2, 0) is 5.75 Å². The summed E-state index contributed by atoms with van der Waals surface area (Å²) in [5.74, 6) is 1.91. The van der Waals surface area contributed by atoms with Gasteiger partial charge in [-0.3, -0.25) is 0 Å². The lowest BCUT2D eigenvalue weighted by Gasteiger charge is -2.03. The van der Waals surface area contributed by atoms with Crippen LogP contribution >= 0.6 is 11.8 Å². The molecule has 4 nitrogen and oxygen atoms in total. The van der Waals surface area contributed by atoms with Crippen LogP contribution in [0, 0.1) is 6.92 Å². The van der Waals surface area contributed by atoms with Gasteiger partial charge in [-0.1, -0.05) is 23.4 Å². The van der Waals surface area contributed by atoms with Crippen LogP contribution in [-0.4, -0.2) is 10.1 Å². The lowest BCUT2D eigenvalue weighted by atomic mass is 10.2. The van der Waals surface area contributed by atoms with Crippen molar-refractivity contribution in [2.45, 2.75) is 17.6 Å². The van der Waals surface area contributed by atoms with E-state index in [1.54, 1.807) is 11.8 Å². The predicted molar refractivity (Wildman–Crippen MR) is 84.9 cm³/mol. The molecular weight excluding hydrogens is 282 g/mol. The van der Waals surface area contributed by atoms with E-state index in [2.05, 4.69) is 16.2 Å². The Bertz CT molecular complexity index is 740. The SMILES string of the molecule is Cc1cc(SCc2noc(-c3ccccc3)n2)ccc1N. The third-order valence-electron chi connectivity index (χ3n) is 3.10. The number of aromatic nitrogens is 2. The van der Waals surface area contributed by atoms with Crippen molar-refractivity contribution in [3.05, 3.63) is 59.9 Å². The van der Waals surface area contributed by atoms with E-state index >= 15 is 0 Å². The second kappa shape index (κ2) is 6.01. The average molecular weight is 297 g/mol. The summed E-state index contributed by atoms with van der Waals surface area (Å²) in [5.41, 5.74) is 8.64. The van der Waals surface area contributed by atoms with Gasteiger partial charge in [0.05, 0.1) is 5.75 Å². The van der Waals surface area contributed by atoms with Gasteiger partial charge in [0.25, 0.3) is 5.89 Å². The van der Waals surface area contributed by atoms with Gasteiger partial charge >= 0.3 is 0 Å². The summed E-state index contributed by atoms with van der Waals surface area (Å²) in [5, 5.41) is 4.02. The topological polar surface area (TPSA) is 64.9 Å². The number of benzene rings is 2. The molecule has 3 aromatic rings. The van der Waals surface area contributed by atoms with E-state index in [-0.39, 0.29) is 0 Å². The Labute approximate surface area is 127 Å². The lowest BCUT2D eigenvalue weighted by molar-refractivity contribution is 0.425. The highest BCUT2D eigenvalue weighted by atomic mass is 32.2. The van der Waals surface area contributed by atoms with Crippen LogP contribution in [0.1, 0.15) is 11.4 Å². The molecular formula is C16H15N3OS. The highest BCUT2D eigenvalue weighted by molar-refractivity contribution is 7.98. The van der Waals surface area contributed by atoms with Gasteiger partial charge in [0, 0.05) is 16.1 Å². The summed E-state index contributed by atoms with van der Waals surface area (Å²) >= 11 is 1.66. The number of thioether (sulfide) groups is 1. The molecule has 2 aromatic carbocycles. The van der Waals surface area contributed by atoms with E-state index in [4.69, 9.17) is 10.3 Å². The first-order valence-electron chi connectivity index (χ1n) is 6.59. The first-order chi connectivity index (χ1) is 10.2. The first-order valence-corrected chi connectivity index (χ1v) is 7.58. The Morgan fingerprint density at radius 2 is 1.95 bits per heavy atom. The number of aryl methyl sites for hydroxylation is 1. The van der Waals surface area contributed by atoms with Gasteiger partial charge in [-0.05, 0) is 42.8 Å². The van der Waals surface area contributed by atoms with Crippen molar-refractivity contribution < 1.29 is 4.52 Å². The van der Waals surface area contributed by atoms with Crippen LogP contribution in [0.2, 0.25) is 0 Å². The molecule has 0 atom stereocenters. The summed E-state index contributed by atoms with van der Waals surface area (Å²) < 4.78 is 5.29. The Morgan fingerprint density at radius 3 is 2.71 bits per heavy atom. The summed E-state index contributed by atoms with van der Waals surface area (Å²) in [6.07, 6.45) is 0. The van der Waals surface area contributed by atoms with Gasteiger partial charge in [0.15, 0.2) is 5.82 Å². The molecule has 0 radical (unpaired) electrons. The Kier molecular flexibility index (Phi) is 3.92. The minimum atomic E-state index is 0.555. The molecule has 1 aromatic heterocycles. The van der Waals surface area contributed by atoms with Crippen LogP contribution in [0.15, 0.2) is 57.9 Å². The van der Waals surface area contributed by atoms with Gasteiger partial charge in [-0.15, -0.1) is 11.8 Å². The maximum absolute atomic E-state index is 5.81. The van der Waals surface area contributed by atoms with Crippen molar-refractivity contribution in [1.29, 1.82) is 0 Å². The number of rotatable bonds is 4. The summed E-state index contributed by atoms with van der Waals surface area (Å²) in [6.45, 7) is 2.00.